The molecule has 4 rings (SSSR count). The maximum absolute atomic E-state index is 12.5. The molecule has 0 fully saturated rings. The van der Waals surface area contributed by atoms with Crippen LogP contribution in [0.4, 0.5) is 11.4 Å². The number of rotatable bonds is 2. The van der Waals surface area contributed by atoms with E-state index in [-0.39, 0.29) is 11.8 Å². The van der Waals surface area contributed by atoms with Crippen LogP contribution < -0.4 is 10.2 Å². The van der Waals surface area contributed by atoms with E-state index in [1.165, 1.54) is 0 Å². The Morgan fingerprint density at radius 2 is 1.86 bits per heavy atom. The van der Waals surface area contributed by atoms with Crippen molar-refractivity contribution in [2.24, 2.45) is 0 Å². The van der Waals surface area contributed by atoms with Crippen molar-refractivity contribution in [3.63, 3.8) is 0 Å². The van der Waals surface area contributed by atoms with Crippen LogP contribution in [-0.2, 0) is 17.6 Å². The van der Waals surface area contributed by atoms with Gasteiger partial charge in [0.05, 0.1) is 12.1 Å². The lowest BCUT2D eigenvalue weighted by Gasteiger charge is -2.10. The standard InChI is InChI=1S/C18H16N2O2/c1-11-2-4-15(5-3-11)19-18(22)14-8-12-6-7-20-16(21)10-13(9-14)17(12)20/h2-5,8-9H,6-7,10H2,1H3,(H,19,22). The lowest BCUT2D eigenvalue weighted by Crippen LogP contribution is -2.24. The molecule has 4 heteroatoms. The number of carbonyl (C=O) groups excluding carboxylic acids is 2. The molecule has 2 amide bonds. The quantitative estimate of drug-likeness (QED) is 0.925. The Hall–Kier alpha value is -2.62. The summed E-state index contributed by atoms with van der Waals surface area (Å²) in [5, 5.41) is 2.92. The molecule has 2 aromatic rings. The van der Waals surface area contributed by atoms with Gasteiger partial charge in [0.1, 0.15) is 0 Å². The van der Waals surface area contributed by atoms with Gasteiger partial charge in [-0.15, -0.1) is 0 Å². The van der Waals surface area contributed by atoms with Gasteiger partial charge in [0, 0.05) is 17.8 Å². The van der Waals surface area contributed by atoms with E-state index in [1.54, 1.807) is 0 Å². The van der Waals surface area contributed by atoms with E-state index in [0.29, 0.717) is 12.0 Å². The Morgan fingerprint density at radius 1 is 1.14 bits per heavy atom. The molecule has 0 saturated heterocycles. The highest BCUT2D eigenvalue weighted by Crippen LogP contribution is 2.38. The molecule has 0 atom stereocenters. The number of amides is 2. The second-order valence-corrected chi connectivity index (χ2v) is 5.94. The largest absolute Gasteiger partial charge is 0.322 e. The molecule has 0 bridgehead atoms. The molecular formula is C18H16N2O2. The van der Waals surface area contributed by atoms with Gasteiger partial charge in [-0.2, -0.15) is 0 Å². The summed E-state index contributed by atoms with van der Waals surface area (Å²) >= 11 is 0. The highest BCUT2D eigenvalue weighted by Gasteiger charge is 2.34. The fourth-order valence-electron chi connectivity index (χ4n) is 3.26. The van der Waals surface area contributed by atoms with Gasteiger partial charge in [0.15, 0.2) is 0 Å². The smallest absolute Gasteiger partial charge is 0.255 e. The zero-order valence-electron chi connectivity index (χ0n) is 12.3. The minimum atomic E-state index is -0.124. The molecule has 4 nitrogen and oxygen atoms in total. The molecule has 2 aromatic carbocycles. The third-order valence-corrected chi connectivity index (χ3v) is 4.36. The predicted octanol–water partition coefficient (Wildman–Crippen LogP) is 2.69. The van der Waals surface area contributed by atoms with Gasteiger partial charge < -0.3 is 10.2 Å². The number of aryl methyl sites for hydroxylation is 1. The summed E-state index contributed by atoms with van der Waals surface area (Å²) in [5.74, 6) is 0.0190. The summed E-state index contributed by atoms with van der Waals surface area (Å²) in [5.41, 5.74) is 5.70. The number of carbonyl (C=O) groups is 2. The monoisotopic (exact) mass is 292 g/mol. The van der Waals surface area contributed by atoms with Crippen LogP contribution in [0.25, 0.3) is 0 Å². The SMILES string of the molecule is Cc1ccc(NC(=O)c2cc3c4c(c2)CC(=O)N4CC3)cc1. The lowest BCUT2D eigenvalue weighted by molar-refractivity contribution is -0.117. The van der Waals surface area contributed by atoms with Gasteiger partial charge in [-0.1, -0.05) is 17.7 Å². The fourth-order valence-corrected chi connectivity index (χ4v) is 3.26. The summed E-state index contributed by atoms with van der Waals surface area (Å²) < 4.78 is 0. The van der Waals surface area contributed by atoms with Crippen LogP contribution in [0.1, 0.15) is 27.0 Å². The van der Waals surface area contributed by atoms with E-state index in [2.05, 4.69) is 5.32 Å². The van der Waals surface area contributed by atoms with Gasteiger partial charge in [0.25, 0.3) is 5.91 Å². The molecular weight excluding hydrogens is 276 g/mol. The summed E-state index contributed by atoms with van der Waals surface area (Å²) in [6.45, 7) is 2.75. The van der Waals surface area contributed by atoms with Crippen LogP contribution in [-0.4, -0.2) is 18.4 Å². The van der Waals surface area contributed by atoms with Crippen molar-refractivity contribution in [3.8, 4) is 0 Å². The van der Waals surface area contributed by atoms with Gasteiger partial charge in [-0.25, -0.2) is 0 Å². The molecule has 2 aliphatic rings. The molecule has 2 aliphatic heterocycles. The average Bonchev–Trinajstić information content (AvgIpc) is 3.07. The summed E-state index contributed by atoms with van der Waals surface area (Å²) in [6, 6.07) is 11.5. The van der Waals surface area contributed by atoms with Crippen molar-refractivity contribution in [3.05, 3.63) is 58.7 Å². The Bertz CT molecular complexity index is 793. The number of hydrogen-bond donors (Lipinski definition) is 1. The van der Waals surface area contributed by atoms with Crippen molar-refractivity contribution < 1.29 is 9.59 Å². The van der Waals surface area contributed by atoms with Gasteiger partial charge >= 0.3 is 0 Å². The number of nitrogens with zero attached hydrogens (tertiary/aromatic N) is 1. The number of hydrogen-bond acceptors (Lipinski definition) is 2. The Kier molecular flexibility index (Phi) is 2.79. The fraction of sp³-hybridized carbons (Fsp3) is 0.222. The van der Waals surface area contributed by atoms with Crippen LogP contribution in [0, 0.1) is 6.92 Å². The number of anilines is 2. The molecule has 22 heavy (non-hydrogen) atoms. The molecule has 0 unspecified atom stereocenters. The molecule has 0 spiro atoms. The van der Waals surface area contributed by atoms with Gasteiger partial charge in [-0.3, -0.25) is 9.59 Å². The zero-order valence-corrected chi connectivity index (χ0v) is 12.3. The maximum Gasteiger partial charge on any atom is 0.255 e. The van der Waals surface area contributed by atoms with Crippen molar-refractivity contribution >= 4 is 23.2 Å². The van der Waals surface area contributed by atoms with Crippen molar-refractivity contribution in [2.45, 2.75) is 19.8 Å². The number of benzene rings is 2. The highest BCUT2D eigenvalue weighted by atomic mass is 16.2. The average molecular weight is 292 g/mol. The van der Waals surface area contributed by atoms with Crippen LogP contribution in [0.5, 0.6) is 0 Å². The summed E-state index contributed by atoms with van der Waals surface area (Å²) in [6.07, 6.45) is 1.24. The van der Waals surface area contributed by atoms with E-state index in [9.17, 15) is 9.59 Å². The topological polar surface area (TPSA) is 49.4 Å². The Morgan fingerprint density at radius 3 is 2.64 bits per heavy atom. The minimum Gasteiger partial charge on any atom is -0.322 e. The first-order valence-corrected chi connectivity index (χ1v) is 7.46. The third-order valence-electron chi connectivity index (χ3n) is 4.36. The second kappa shape index (κ2) is 4.70. The van der Waals surface area contributed by atoms with Crippen LogP contribution in [0.3, 0.4) is 0 Å². The molecule has 0 aliphatic carbocycles. The van der Waals surface area contributed by atoms with Crippen molar-refractivity contribution in [1.82, 2.24) is 0 Å². The van der Waals surface area contributed by atoms with Crippen LogP contribution >= 0.6 is 0 Å². The molecule has 2 heterocycles. The van der Waals surface area contributed by atoms with Gasteiger partial charge in [-0.05, 0) is 48.7 Å². The first-order valence-electron chi connectivity index (χ1n) is 7.46. The van der Waals surface area contributed by atoms with E-state index in [1.807, 2.05) is 48.2 Å². The summed E-state index contributed by atoms with van der Waals surface area (Å²) in [7, 11) is 0. The normalized spacial score (nSPS) is 15.1. The third kappa shape index (κ3) is 1.99. The first kappa shape index (κ1) is 13.1. The maximum atomic E-state index is 12.5. The zero-order chi connectivity index (χ0) is 15.3. The van der Waals surface area contributed by atoms with Gasteiger partial charge in [0.2, 0.25) is 5.91 Å². The predicted molar refractivity (Wildman–Crippen MR) is 85.3 cm³/mol. The number of nitrogens with one attached hydrogen (secondary N) is 1. The second-order valence-electron chi connectivity index (χ2n) is 5.94. The molecule has 0 saturated carbocycles. The van der Waals surface area contributed by atoms with Crippen LogP contribution in [0.15, 0.2) is 36.4 Å². The Labute approximate surface area is 128 Å². The van der Waals surface area contributed by atoms with Crippen LogP contribution in [0.2, 0.25) is 0 Å². The molecule has 0 radical (unpaired) electrons. The lowest BCUT2D eigenvalue weighted by atomic mass is 10.0. The van der Waals surface area contributed by atoms with Crippen molar-refractivity contribution in [2.75, 3.05) is 16.8 Å². The van der Waals surface area contributed by atoms with E-state index in [4.69, 9.17) is 0 Å². The minimum absolute atomic E-state index is 0.124. The first-order chi connectivity index (χ1) is 10.6. The molecule has 0 aromatic heterocycles. The molecule has 110 valence electrons. The van der Waals surface area contributed by atoms with E-state index < -0.39 is 0 Å². The van der Waals surface area contributed by atoms with E-state index >= 15 is 0 Å². The molecule has 1 N–H and O–H groups in total. The van der Waals surface area contributed by atoms with E-state index in [0.717, 1.165) is 41.0 Å². The summed E-state index contributed by atoms with van der Waals surface area (Å²) in [4.78, 5) is 26.2. The Balaban J connectivity index is 1.64. The van der Waals surface area contributed by atoms with Crippen molar-refractivity contribution in [1.29, 1.82) is 0 Å². The highest BCUT2D eigenvalue weighted by molar-refractivity contribution is 6.08.